The molecule has 218 valence electrons. The van der Waals surface area contributed by atoms with Crippen LogP contribution < -0.4 is 20.1 Å². The minimum atomic E-state index is -0.219. The molecule has 4 aromatic rings. The van der Waals surface area contributed by atoms with Crippen molar-refractivity contribution in [3.05, 3.63) is 83.9 Å². The highest BCUT2D eigenvalue weighted by atomic mass is 35.5. The fourth-order valence-electron chi connectivity index (χ4n) is 4.73. The Morgan fingerprint density at radius 2 is 2.02 bits per heavy atom. The van der Waals surface area contributed by atoms with E-state index in [1.54, 1.807) is 24.4 Å². The monoisotopic (exact) mass is 586 g/mol. The number of rotatable bonds is 11. The van der Waals surface area contributed by atoms with Crippen LogP contribution in [0.1, 0.15) is 32.4 Å². The third-order valence-corrected chi connectivity index (χ3v) is 7.21. The Morgan fingerprint density at radius 3 is 2.76 bits per heavy atom. The van der Waals surface area contributed by atoms with Crippen LogP contribution in [0.4, 0.5) is 17.2 Å². The van der Waals surface area contributed by atoms with E-state index >= 15 is 0 Å². The lowest BCUT2D eigenvalue weighted by molar-refractivity contribution is -0.112. The molecule has 1 saturated heterocycles. The van der Waals surface area contributed by atoms with E-state index in [-0.39, 0.29) is 17.9 Å². The van der Waals surface area contributed by atoms with E-state index in [2.05, 4.69) is 51.4 Å². The fraction of sp³-hybridized carbons (Fsp3) is 0.312. The Bertz CT molecular complexity index is 1560. The zero-order chi connectivity index (χ0) is 29.5. The summed E-state index contributed by atoms with van der Waals surface area (Å²) in [7, 11) is 2.07. The average Bonchev–Trinajstić information content (AvgIpc) is 3.40. The van der Waals surface area contributed by atoms with Gasteiger partial charge in [-0.1, -0.05) is 37.6 Å². The van der Waals surface area contributed by atoms with Gasteiger partial charge in [-0.2, -0.15) is 0 Å². The van der Waals surface area contributed by atoms with Crippen molar-refractivity contribution in [1.82, 2.24) is 19.9 Å². The number of carbonyl (C=O) groups excluding carboxylic acids is 1. The van der Waals surface area contributed by atoms with Crippen molar-refractivity contribution in [1.29, 1.82) is 0 Å². The number of hydrogen-bond acceptors (Lipinski definition) is 8. The number of nitrogens with one attached hydrogen (secondary N) is 2. The number of benzene rings is 2. The molecule has 1 amide bonds. The van der Waals surface area contributed by atoms with Gasteiger partial charge in [-0.3, -0.25) is 14.7 Å². The molecule has 9 nitrogen and oxygen atoms in total. The third-order valence-electron chi connectivity index (χ3n) is 6.92. The van der Waals surface area contributed by atoms with Crippen molar-refractivity contribution in [3.63, 3.8) is 0 Å². The minimum absolute atomic E-state index is 0.219. The SMILES string of the molecule is CC(C)COc1c(NC(=O)C=CC2CCCN2C)ccc2ncnc(Nc3ccc(OCc4ccccn4)c(Cl)c3)c12. The zero-order valence-corrected chi connectivity index (χ0v) is 24.8. The number of nitrogens with zero attached hydrogens (tertiary/aromatic N) is 4. The first-order valence-electron chi connectivity index (χ1n) is 14.1. The smallest absolute Gasteiger partial charge is 0.248 e. The van der Waals surface area contributed by atoms with Gasteiger partial charge in [-0.15, -0.1) is 0 Å². The van der Waals surface area contributed by atoms with Crippen LogP contribution in [0.15, 0.2) is 73.2 Å². The molecule has 42 heavy (non-hydrogen) atoms. The van der Waals surface area contributed by atoms with E-state index in [0.717, 1.165) is 25.1 Å². The number of aromatic nitrogens is 3. The molecule has 0 saturated carbocycles. The van der Waals surface area contributed by atoms with Gasteiger partial charge < -0.3 is 20.1 Å². The molecule has 1 atom stereocenters. The van der Waals surface area contributed by atoms with Crippen molar-refractivity contribution in [2.45, 2.75) is 39.3 Å². The van der Waals surface area contributed by atoms with E-state index in [9.17, 15) is 4.79 Å². The quantitative estimate of drug-likeness (QED) is 0.189. The van der Waals surface area contributed by atoms with Crippen molar-refractivity contribution >= 4 is 45.6 Å². The van der Waals surface area contributed by atoms with Crippen molar-refractivity contribution < 1.29 is 14.3 Å². The Kier molecular flexibility index (Phi) is 9.51. The molecule has 10 heteroatoms. The molecule has 2 aromatic carbocycles. The Balaban J connectivity index is 1.40. The van der Waals surface area contributed by atoms with Crippen molar-refractivity contribution in [2.24, 2.45) is 5.92 Å². The molecule has 2 aromatic heterocycles. The number of pyridine rings is 1. The second kappa shape index (κ2) is 13.6. The van der Waals surface area contributed by atoms with Gasteiger partial charge in [0.15, 0.2) is 5.75 Å². The van der Waals surface area contributed by atoms with Crippen LogP contribution >= 0.6 is 11.6 Å². The van der Waals surface area contributed by atoms with Gasteiger partial charge in [0.05, 0.1) is 33.9 Å². The van der Waals surface area contributed by atoms with Gasteiger partial charge >= 0.3 is 0 Å². The Morgan fingerprint density at radius 1 is 1.14 bits per heavy atom. The highest BCUT2D eigenvalue weighted by molar-refractivity contribution is 6.32. The highest BCUT2D eigenvalue weighted by Gasteiger charge is 2.20. The summed E-state index contributed by atoms with van der Waals surface area (Å²) in [5, 5.41) is 7.45. The number of likely N-dealkylation sites (N-methyl/N-ethyl adjacent to an activating group) is 1. The summed E-state index contributed by atoms with van der Waals surface area (Å²) in [6.07, 6.45) is 8.95. The largest absolute Gasteiger partial charge is 0.490 e. The highest BCUT2D eigenvalue weighted by Crippen LogP contribution is 2.39. The summed E-state index contributed by atoms with van der Waals surface area (Å²) in [4.78, 5) is 28.4. The van der Waals surface area contributed by atoms with E-state index in [1.807, 2.05) is 42.5 Å². The maximum Gasteiger partial charge on any atom is 0.248 e. The lowest BCUT2D eigenvalue weighted by Gasteiger charge is -2.18. The van der Waals surface area contributed by atoms with Crippen molar-refractivity contribution in [3.8, 4) is 11.5 Å². The number of fused-ring (bicyclic) bond motifs is 1. The standard InChI is InChI=1S/C32H35ClN6O3/c1-21(2)18-42-31-27(38-29(40)14-10-24-8-6-16-39(24)3)12-11-26-30(31)32(36-20-35-26)37-22-9-13-28(25(33)17-22)41-19-23-7-4-5-15-34-23/h4-5,7,9-15,17,20-21,24H,6,8,16,18-19H2,1-3H3,(H,38,40)(H,35,36,37). The van der Waals surface area contributed by atoms with Gasteiger partial charge in [-0.05, 0) is 74.8 Å². The average molecular weight is 587 g/mol. The summed E-state index contributed by atoms with van der Waals surface area (Å²) in [5.74, 6) is 1.62. The summed E-state index contributed by atoms with van der Waals surface area (Å²) >= 11 is 6.56. The molecule has 2 N–H and O–H groups in total. The number of anilines is 3. The van der Waals surface area contributed by atoms with Gasteiger partial charge in [0.2, 0.25) is 5.91 Å². The lowest BCUT2D eigenvalue weighted by atomic mass is 10.1. The van der Waals surface area contributed by atoms with Crippen LogP contribution in [0.25, 0.3) is 10.9 Å². The molecular formula is C32H35ClN6O3. The predicted molar refractivity (Wildman–Crippen MR) is 167 cm³/mol. The normalized spacial score (nSPS) is 15.4. The van der Waals surface area contributed by atoms with Crippen LogP contribution in [0.5, 0.6) is 11.5 Å². The summed E-state index contributed by atoms with van der Waals surface area (Å²) < 4.78 is 12.2. The van der Waals surface area contributed by atoms with Gasteiger partial charge in [0.1, 0.15) is 24.5 Å². The van der Waals surface area contributed by atoms with E-state index in [4.69, 9.17) is 21.1 Å². The number of carbonyl (C=O) groups is 1. The van der Waals surface area contributed by atoms with Crippen LogP contribution in [0, 0.1) is 5.92 Å². The fourth-order valence-corrected chi connectivity index (χ4v) is 4.97. The van der Waals surface area contributed by atoms with Crippen LogP contribution in [0.3, 0.4) is 0 Å². The maximum atomic E-state index is 12.9. The lowest BCUT2D eigenvalue weighted by Crippen LogP contribution is -2.23. The topological polar surface area (TPSA) is 102 Å². The number of likely N-dealkylation sites (tertiary alicyclic amines) is 1. The van der Waals surface area contributed by atoms with E-state index < -0.39 is 0 Å². The van der Waals surface area contributed by atoms with Gasteiger partial charge in [0, 0.05) is 24.0 Å². The first-order valence-corrected chi connectivity index (χ1v) is 14.4. The molecule has 1 fully saturated rings. The Labute approximate surface area is 250 Å². The van der Waals surface area contributed by atoms with Crippen LogP contribution in [-0.4, -0.2) is 52.0 Å². The predicted octanol–water partition coefficient (Wildman–Crippen LogP) is 6.62. The molecule has 0 radical (unpaired) electrons. The second-order valence-corrected chi connectivity index (χ2v) is 11.1. The Hall–Kier alpha value is -4.21. The molecular weight excluding hydrogens is 552 g/mol. The number of ether oxygens (including phenoxy) is 2. The van der Waals surface area contributed by atoms with Gasteiger partial charge in [-0.25, -0.2) is 9.97 Å². The first-order chi connectivity index (χ1) is 20.4. The number of hydrogen-bond donors (Lipinski definition) is 2. The number of amides is 1. The number of halogens is 1. The maximum absolute atomic E-state index is 12.9. The third kappa shape index (κ3) is 7.35. The molecule has 1 aliphatic heterocycles. The van der Waals surface area contributed by atoms with Gasteiger partial charge in [0.25, 0.3) is 0 Å². The summed E-state index contributed by atoms with van der Waals surface area (Å²) in [6, 6.07) is 15.0. The van der Waals surface area contributed by atoms with E-state index in [1.165, 1.54) is 6.33 Å². The molecule has 0 bridgehead atoms. The van der Waals surface area contributed by atoms with Crippen LogP contribution in [-0.2, 0) is 11.4 Å². The molecule has 0 aliphatic carbocycles. The molecule has 3 heterocycles. The molecule has 5 rings (SSSR count). The zero-order valence-electron chi connectivity index (χ0n) is 24.0. The summed E-state index contributed by atoms with van der Waals surface area (Å²) in [5.41, 5.74) is 2.74. The van der Waals surface area contributed by atoms with Crippen LogP contribution in [0.2, 0.25) is 5.02 Å². The summed E-state index contributed by atoms with van der Waals surface area (Å²) in [6.45, 7) is 5.93. The molecule has 0 spiro atoms. The molecule has 1 aliphatic rings. The van der Waals surface area contributed by atoms with Crippen molar-refractivity contribution in [2.75, 3.05) is 30.8 Å². The minimum Gasteiger partial charge on any atom is -0.490 e. The van der Waals surface area contributed by atoms with E-state index in [0.29, 0.717) is 57.8 Å². The first kappa shape index (κ1) is 29.3. The second-order valence-electron chi connectivity index (χ2n) is 10.7. The molecule has 1 unspecified atom stereocenters.